The monoisotopic (exact) mass is 263 g/mol. The van der Waals surface area contributed by atoms with Crippen molar-refractivity contribution in [3.8, 4) is 5.75 Å². The highest BCUT2D eigenvalue weighted by Gasteiger charge is 2.28. The van der Waals surface area contributed by atoms with Crippen LogP contribution in [0, 0.1) is 0 Å². The van der Waals surface area contributed by atoms with Gasteiger partial charge in [-0.25, -0.2) is 0 Å². The molecule has 1 aliphatic rings. The molecule has 1 saturated heterocycles. The maximum absolute atomic E-state index is 11.8. The molecule has 0 aromatic heterocycles. The molecule has 0 saturated carbocycles. The minimum absolute atomic E-state index is 0.0460. The van der Waals surface area contributed by atoms with Gasteiger partial charge < -0.3 is 20.7 Å². The lowest BCUT2D eigenvalue weighted by Gasteiger charge is -2.36. The topological polar surface area (TPSA) is 67.6 Å². The van der Waals surface area contributed by atoms with Gasteiger partial charge in [-0.15, -0.1) is 0 Å². The van der Waals surface area contributed by atoms with Crippen molar-refractivity contribution in [2.75, 3.05) is 25.1 Å². The molecule has 3 N–H and O–H groups in total. The third-order valence-corrected chi connectivity index (χ3v) is 3.53. The van der Waals surface area contributed by atoms with Gasteiger partial charge in [0.05, 0.1) is 7.11 Å². The van der Waals surface area contributed by atoms with Crippen LogP contribution in [0.2, 0.25) is 0 Å². The second-order valence-electron chi connectivity index (χ2n) is 4.84. The lowest BCUT2D eigenvalue weighted by Crippen LogP contribution is -2.54. The Balaban J connectivity index is 2.46. The van der Waals surface area contributed by atoms with Crippen LogP contribution in [0.3, 0.4) is 0 Å². The molecule has 1 unspecified atom stereocenters. The summed E-state index contributed by atoms with van der Waals surface area (Å²) in [5, 5.41) is 2.87. The Morgan fingerprint density at radius 3 is 2.89 bits per heavy atom. The fourth-order valence-electron chi connectivity index (χ4n) is 2.53. The van der Waals surface area contributed by atoms with Crippen molar-refractivity contribution in [2.45, 2.75) is 25.9 Å². The number of nitrogens with two attached hydrogens (primary N) is 1. The van der Waals surface area contributed by atoms with E-state index in [1.54, 1.807) is 7.11 Å². The van der Waals surface area contributed by atoms with Crippen LogP contribution in [-0.4, -0.2) is 32.1 Å². The number of benzene rings is 1. The van der Waals surface area contributed by atoms with Crippen LogP contribution >= 0.6 is 0 Å². The molecule has 0 radical (unpaired) electrons. The van der Waals surface area contributed by atoms with E-state index in [9.17, 15) is 4.79 Å². The van der Waals surface area contributed by atoms with E-state index in [0.29, 0.717) is 6.54 Å². The van der Waals surface area contributed by atoms with Gasteiger partial charge in [0.15, 0.2) is 0 Å². The van der Waals surface area contributed by atoms with Gasteiger partial charge in [-0.05, 0) is 26.0 Å². The summed E-state index contributed by atoms with van der Waals surface area (Å²) in [6.45, 7) is 5.26. The molecule has 0 bridgehead atoms. The molecule has 2 rings (SSSR count). The first-order chi connectivity index (χ1) is 9.06. The summed E-state index contributed by atoms with van der Waals surface area (Å²) in [5.41, 5.74) is 8.00. The predicted molar refractivity (Wildman–Crippen MR) is 75.4 cm³/mol. The molecule has 0 spiro atoms. The molecule has 1 heterocycles. The quantitative estimate of drug-likeness (QED) is 0.855. The number of carbonyl (C=O) groups excluding carboxylic acids is 1. The number of nitrogens with zero attached hydrogens (tertiary/aromatic N) is 1. The standard InChI is InChI=1S/C14H21N3O2/c1-9(15)13-11(5-4-6-12(13)19-3)17-8-7-16-14(18)10(17)2/h4-6,9-10H,7-8,15H2,1-3H3,(H,16,18)/t9-,10?/m1/s1. The first kappa shape index (κ1) is 13.7. The minimum Gasteiger partial charge on any atom is -0.496 e. The van der Waals surface area contributed by atoms with E-state index in [-0.39, 0.29) is 18.0 Å². The number of anilines is 1. The molecule has 5 heteroatoms. The van der Waals surface area contributed by atoms with E-state index >= 15 is 0 Å². The molecule has 104 valence electrons. The van der Waals surface area contributed by atoms with Crippen molar-refractivity contribution >= 4 is 11.6 Å². The number of hydrogen-bond donors (Lipinski definition) is 2. The number of piperazine rings is 1. The average Bonchev–Trinajstić information content (AvgIpc) is 2.40. The Kier molecular flexibility index (Phi) is 3.95. The molecular formula is C14H21N3O2. The summed E-state index contributed by atoms with van der Waals surface area (Å²) in [6, 6.07) is 5.48. The SMILES string of the molecule is COc1cccc(N2CCNC(=O)C2C)c1[C@@H](C)N. The fourth-order valence-corrected chi connectivity index (χ4v) is 2.53. The molecule has 0 aliphatic carbocycles. The van der Waals surface area contributed by atoms with Gasteiger partial charge in [0, 0.05) is 30.4 Å². The van der Waals surface area contributed by atoms with E-state index in [2.05, 4.69) is 10.2 Å². The second kappa shape index (κ2) is 5.48. The predicted octanol–water partition coefficient (Wildman–Crippen LogP) is 1.04. The van der Waals surface area contributed by atoms with Gasteiger partial charge in [0.2, 0.25) is 5.91 Å². The van der Waals surface area contributed by atoms with Crippen LogP contribution in [0.5, 0.6) is 5.75 Å². The zero-order chi connectivity index (χ0) is 14.0. The van der Waals surface area contributed by atoms with Crippen LogP contribution < -0.4 is 20.7 Å². The van der Waals surface area contributed by atoms with Gasteiger partial charge >= 0.3 is 0 Å². The molecular weight excluding hydrogens is 242 g/mol. The molecule has 2 atom stereocenters. The number of methoxy groups -OCH3 is 1. The van der Waals surface area contributed by atoms with Gasteiger partial charge in [-0.1, -0.05) is 6.07 Å². The average molecular weight is 263 g/mol. The molecule has 1 aromatic carbocycles. The molecule has 1 fully saturated rings. The molecule has 19 heavy (non-hydrogen) atoms. The van der Waals surface area contributed by atoms with Crippen LogP contribution in [0.4, 0.5) is 5.69 Å². The number of rotatable bonds is 3. The van der Waals surface area contributed by atoms with Crippen LogP contribution in [0.15, 0.2) is 18.2 Å². The van der Waals surface area contributed by atoms with E-state index in [4.69, 9.17) is 10.5 Å². The highest BCUT2D eigenvalue weighted by atomic mass is 16.5. The van der Waals surface area contributed by atoms with Gasteiger partial charge in [-0.2, -0.15) is 0 Å². The summed E-state index contributed by atoms with van der Waals surface area (Å²) >= 11 is 0. The number of carbonyl (C=O) groups is 1. The van der Waals surface area contributed by atoms with Crippen molar-refractivity contribution in [3.05, 3.63) is 23.8 Å². The molecule has 1 aromatic rings. The van der Waals surface area contributed by atoms with Crippen molar-refractivity contribution in [1.29, 1.82) is 0 Å². The van der Waals surface area contributed by atoms with Crippen LogP contribution in [0.1, 0.15) is 25.5 Å². The zero-order valence-electron chi connectivity index (χ0n) is 11.6. The smallest absolute Gasteiger partial charge is 0.242 e. The zero-order valence-corrected chi connectivity index (χ0v) is 11.6. The first-order valence-electron chi connectivity index (χ1n) is 6.53. The summed E-state index contributed by atoms with van der Waals surface area (Å²) < 4.78 is 5.39. The maximum atomic E-state index is 11.8. The van der Waals surface area contributed by atoms with Crippen molar-refractivity contribution in [3.63, 3.8) is 0 Å². The highest BCUT2D eigenvalue weighted by Crippen LogP contribution is 2.34. The lowest BCUT2D eigenvalue weighted by atomic mass is 10.0. The Morgan fingerprint density at radius 1 is 1.53 bits per heavy atom. The highest BCUT2D eigenvalue weighted by molar-refractivity contribution is 5.86. The maximum Gasteiger partial charge on any atom is 0.242 e. The first-order valence-corrected chi connectivity index (χ1v) is 6.53. The fraction of sp³-hybridized carbons (Fsp3) is 0.500. The van der Waals surface area contributed by atoms with Crippen molar-refractivity contribution in [2.24, 2.45) is 5.73 Å². The number of nitrogens with one attached hydrogen (secondary N) is 1. The van der Waals surface area contributed by atoms with Gasteiger partial charge in [0.1, 0.15) is 11.8 Å². The van der Waals surface area contributed by atoms with Gasteiger partial charge in [0.25, 0.3) is 0 Å². The summed E-state index contributed by atoms with van der Waals surface area (Å²) in [7, 11) is 1.64. The van der Waals surface area contributed by atoms with Crippen LogP contribution in [0.25, 0.3) is 0 Å². The number of amides is 1. The molecule has 1 aliphatic heterocycles. The number of hydrogen-bond acceptors (Lipinski definition) is 4. The largest absolute Gasteiger partial charge is 0.496 e. The van der Waals surface area contributed by atoms with Crippen molar-refractivity contribution in [1.82, 2.24) is 5.32 Å². The van der Waals surface area contributed by atoms with E-state index in [0.717, 1.165) is 23.5 Å². The molecule has 1 amide bonds. The third-order valence-electron chi connectivity index (χ3n) is 3.53. The van der Waals surface area contributed by atoms with Crippen LogP contribution in [-0.2, 0) is 4.79 Å². The van der Waals surface area contributed by atoms with Gasteiger partial charge in [-0.3, -0.25) is 4.79 Å². The number of ether oxygens (including phenoxy) is 1. The second-order valence-corrected chi connectivity index (χ2v) is 4.84. The molecule has 5 nitrogen and oxygen atoms in total. The lowest BCUT2D eigenvalue weighted by molar-refractivity contribution is -0.122. The Labute approximate surface area is 113 Å². The summed E-state index contributed by atoms with van der Waals surface area (Å²) in [6.07, 6.45) is 0. The van der Waals surface area contributed by atoms with E-state index < -0.39 is 0 Å². The minimum atomic E-state index is -0.196. The summed E-state index contributed by atoms with van der Waals surface area (Å²) in [5.74, 6) is 0.815. The Morgan fingerprint density at radius 2 is 2.26 bits per heavy atom. The Hall–Kier alpha value is -1.75. The van der Waals surface area contributed by atoms with E-state index in [1.807, 2.05) is 32.0 Å². The normalized spacial score (nSPS) is 20.9. The van der Waals surface area contributed by atoms with E-state index in [1.165, 1.54) is 0 Å². The Bertz CT molecular complexity index is 474. The summed E-state index contributed by atoms with van der Waals surface area (Å²) in [4.78, 5) is 13.9. The van der Waals surface area contributed by atoms with Crippen molar-refractivity contribution < 1.29 is 9.53 Å². The third kappa shape index (κ3) is 2.51.